The van der Waals surface area contributed by atoms with Crippen LogP contribution in [-0.4, -0.2) is 7.11 Å². The molecule has 0 aliphatic carbocycles. The highest BCUT2D eigenvalue weighted by Gasteiger charge is 2.07. The van der Waals surface area contributed by atoms with Gasteiger partial charge in [0.05, 0.1) is 17.8 Å². The minimum absolute atomic E-state index is 0.478. The van der Waals surface area contributed by atoms with Gasteiger partial charge in [-0.1, -0.05) is 35.9 Å². The van der Waals surface area contributed by atoms with Gasteiger partial charge in [0.15, 0.2) is 5.75 Å². The van der Waals surface area contributed by atoms with E-state index in [0.29, 0.717) is 28.8 Å². The van der Waals surface area contributed by atoms with Crippen LogP contribution in [0, 0.1) is 0 Å². The largest absolute Gasteiger partial charge is 0.497 e. The first-order valence-electron chi connectivity index (χ1n) is 7.84. The summed E-state index contributed by atoms with van der Waals surface area (Å²) in [4.78, 5) is 0. The molecule has 0 radical (unpaired) electrons. The number of hydrogen-bond donors (Lipinski definition) is 2. The topological polar surface area (TPSA) is 56.5 Å². The van der Waals surface area contributed by atoms with Gasteiger partial charge in [-0.3, -0.25) is 0 Å². The smallest absolute Gasteiger partial charge is 0.168 e. The molecule has 25 heavy (non-hydrogen) atoms. The van der Waals surface area contributed by atoms with Gasteiger partial charge in [-0.05, 0) is 42.0 Å². The Bertz CT molecular complexity index is 830. The van der Waals surface area contributed by atoms with Crippen LogP contribution < -0.4 is 20.5 Å². The Morgan fingerprint density at radius 1 is 0.960 bits per heavy atom. The highest BCUT2D eigenvalue weighted by molar-refractivity contribution is 6.32. The molecule has 0 aliphatic heterocycles. The molecule has 0 unspecified atom stereocenters. The molecule has 0 saturated carbocycles. The van der Waals surface area contributed by atoms with E-state index in [1.807, 2.05) is 48.5 Å². The van der Waals surface area contributed by atoms with Crippen LogP contribution in [0.1, 0.15) is 5.56 Å². The van der Waals surface area contributed by atoms with Gasteiger partial charge < -0.3 is 20.5 Å². The van der Waals surface area contributed by atoms with Gasteiger partial charge in [0.25, 0.3) is 0 Å². The molecule has 4 nitrogen and oxygen atoms in total. The van der Waals surface area contributed by atoms with Crippen LogP contribution in [0.5, 0.6) is 17.2 Å². The summed E-state index contributed by atoms with van der Waals surface area (Å²) in [7, 11) is 1.66. The van der Waals surface area contributed by atoms with Crippen LogP contribution >= 0.6 is 11.6 Å². The molecular weight excluding hydrogens is 336 g/mol. The van der Waals surface area contributed by atoms with E-state index in [9.17, 15) is 0 Å². The molecule has 3 rings (SSSR count). The van der Waals surface area contributed by atoms with Crippen molar-refractivity contribution in [2.45, 2.75) is 6.54 Å². The van der Waals surface area contributed by atoms with Crippen LogP contribution in [0.3, 0.4) is 0 Å². The van der Waals surface area contributed by atoms with Crippen molar-refractivity contribution in [2.24, 2.45) is 0 Å². The predicted octanol–water partition coefficient (Wildman–Crippen LogP) is 5.34. The van der Waals surface area contributed by atoms with Crippen molar-refractivity contribution in [3.05, 3.63) is 77.3 Å². The van der Waals surface area contributed by atoms with E-state index in [1.54, 1.807) is 25.3 Å². The average molecular weight is 355 g/mol. The van der Waals surface area contributed by atoms with Crippen molar-refractivity contribution < 1.29 is 9.47 Å². The molecule has 0 aromatic heterocycles. The molecule has 128 valence electrons. The van der Waals surface area contributed by atoms with Crippen LogP contribution in [0.2, 0.25) is 5.02 Å². The van der Waals surface area contributed by atoms with Gasteiger partial charge in [0.1, 0.15) is 11.5 Å². The monoisotopic (exact) mass is 354 g/mol. The highest BCUT2D eigenvalue weighted by Crippen LogP contribution is 2.34. The number of nitrogens with one attached hydrogen (secondary N) is 1. The Morgan fingerprint density at radius 2 is 1.72 bits per heavy atom. The number of ether oxygens (including phenoxy) is 2. The van der Waals surface area contributed by atoms with Crippen molar-refractivity contribution in [3.63, 3.8) is 0 Å². The third kappa shape index (κ3) is 4.37. The number of nitrogen functional groups attached to an aromatic ring is 1. The van der Waals surface area contributed by atoms with Crippen LogP contribution in [0.15, 0.2) is 66.7 Å². The van der Waals surface area contributed by atoms with Gasteiger partial charge in [-0.25, -0.2) is 0 Å². The number of halogens is 1. The summed E-state index contributed by atoms with van der Waals surface area (Å²) in [6.45, 7) is 0.696. The molecule has 3 N–H and O–H groups in total. The molecule has 0 heterocycles. The summed E-state index contributed by atoms with van der Waals surface area (Å²) in [6.07, 6.45) is 0. The van der Waals surface area contributed by atoms with Gasteiger partial charge in [-0.15, -0.1) is 0 Å². The molecule has 0 spiro atoms. The van der Waals surface area contributed by atoms with Crippen molar-refractivity contribution in [2.75, 3.05) is 18.2 Å². The number of rotatable bonds is 6. The summed E-state index contributed by atoms with van der Waals surface area (Å²) in [5.41, 5.74) is 8.55. The lowest BCUT2D eigenvalue weighted by Gasteiger charge is -2.11. The summed E-state index contributed by atoms with van der Waals surface area (Å²) in [5, 5.41) is 3.85. The van der Waals surface area contributed by atoms with Gasteiger partial charge in [0, 0.05) is 18.3 Å². The van der Waals surface area contributed by atoms with Crippen molar-refractivity contribution in [1.29, 1.82) is 0 Å². The van der Waals surface area contributed by atoms with E-state index < -0.39 is 0 Å². The zero-order valence-electron chi connectivity index (χ0n) is 13.8. The number of nitrogens with two attached hydrogens (primary N) is 1. The lowest BCUT2D eigenvalue weighted by molar-refractivity contribution is 0.415. The van der Waals surface area contributed by atoms with Gasteiger partial charge in [0.2, 0.25) is 0 Å². The van der Waals surface area contributed by atoms with E-state index >= 15 is 0 Å². The SMILES string of the molecule is COc1cccc(NCc2ccc(Oc3c(N)cccc3Cl)cc2)c1. The fraction of sp³-hybridized carbons (Fsp3) is 0.100. The number of benzene rings is 3. The van der Waals surface area contributed by atoms with Crippen molar-refractivity contribution in [3.8, 4) is 17.2 Å². The van der Waals surface area contributed by atoms with Crippen LogP contribution in [-0.2, 0) is 6.54 Å². The highest BCUT2D eigenvalue weighted by atomic mass is 35.5. The first-order chi connectivity index (χ1) is 12.2. The zero-order valence-corrected chi connectivity index (χ0v) is 14.6. The van der Waals surface area contributed by atoms with Gasteiger partial charge >= 0.3 is 0 Å². The Labute approximate surface area is 152 Å². The molecule has 0 saturated heterocycles. The Kier molecular flexibility index (Phi) is 5.31. The molecule has 5 heteroatoms. The van der Waals surface area contributed by atoms with E-state index in [4.69, 9.17) is 26.8 Å². The van der Waals surface area contributed by atoms with E-state index in [2.05, 4.69) is 5.32 Å². The number of hydrogen-bond acceptors (Lipinski definition) is 4. The van der Waals surface area contributed by atoms with E-state index in [-0.39, 0.29) is 0 Å². The van der Waals surface area contributed by atoms with Crippen molar-refractivity contribution >= 4 is 23.0 Å². The lowest BCUT2D eigenvalue weighted by Crippen LogP contribution is -1.99. The molecule has 0 amide bonds. The Balaban J connectivity index is 1.64. The number of methoxy groups -OCH3 is 1. The quantitative estimate of drug-likeness (QED) is 0.587. The molecule has 3 aromatic carbocycles. The van der Waals surface area contributed by atoms with E-state index in [1.165, 1.54) is 0 Å². The normalized spacial score (nSPS) is 10.3. The third-order valence-corrected chi connectivity index (χ3v) is 4.00. The number of para-hydroxylation sites is 1. The minimum Gasteiger partial charge on any atom is -0.497 e. The van der Waals surface area contributed by atoms with E-state index in [0.717, 1.165) is 17.0 Å². The Hall–Kier alpha value is -2.85. The zero-order chi connectivity index (χ0) is 17.6. The van der Waals surface area contributed by atoms with Crippen LogP contribution in [0.25, 0.3) is 0 Å². The second-order valence-corrected chi connectivity index (χ2v) is 5.90. The molecule has 0 atom stereocenters. The first-order valence-corrected chi connectivity index (χ1v) is 8.22. The molecular formula is C20H19ClN2O2. The number of anilines is 2. The summed E-state index contributed by atoms with van der Waals surface area (Å²) < 4.78 is 11.0. The third-order valence-electron chi connectivity index (χ3n) is 3.71. The van der Waals surface area contributed by atoms with Crippen LogP contribution in [0.4, 0.5) is 11.4 Å². The second kappa shape index (κ2) is 7.81. The Morgan fingerprint density at radius 3 is 2.44 bits per heavy atom. The standard InChI is InChI=1S/C20H19ClN2O2/c1-24-17-5-2-4-15(12-17)23-13-14-8-10-16(11-9-14)25-20-18(21)6-3-7-19(20)22/h2-12,23H,13,22H2,1H3. The summed E-state index contributed by atoms with van der Waals surface area (Å²) in [5.74, 6) is 1.99. The molecule has 0 aliphatic rings. The average Bonchev–Trinajstić information content (AvgIpc) is 2.64. The fourth-order valence-corrected chi connectivity index (χ4v) is 2.58. The second-order valence-electron chi connectivity index (χ2n) is 5.49. The summed E-state index contributed by atoms with van der Waals surface area (Å²) in [6, 6.07) is 20.9. The van der Waals surface area contributed by atoms with Crippen molar-refractivity contribution in [1.82, 2.24) is 0 Å². The maximum atomic E-state index is 6.13. The lowest BCUT2D eigenvalue weighted by atomic mass is 10.2. The first kappa shape index (κ1) is 17.0. The maximum absolute atomic E-state index is 6.13. The predicted molar refractivity (Wildman–Crippen MR) is 103 cm³/mol. The molecule has 3 aromatic rings. The summed E-state index contributed by atoms with van der Waals surface area (Å²) >= 11 is 6.13. The fourth-order valence-electron chi connectivity index (χ4n) is 2.36. The molecule has 0 bridgehead atoms. The molecule has 0 fully saturated rings. The van der Waals surface area contributed by atoms with Gasteiger partial charge in [-0.2, -0.15) is 0 Å². The maximum Gasteiger partial charge on any atom is 0.168 e. The minimum atomic E-state index is 0.478.